The minimum Gasteiger partial charge on any atom is -0.508 e. The number of nitrogens with one attached hydrogen (secondary N) is 5. The number of fused-ring (bicyclic) bond motifs is 5. The van der Waals surface area contributed by atoms with Gasteiger partial charge in [0.2, 0.25) is 11.8 Å². The average Bonchev–Trinajstić information content (AvgIpc) is 2.86. The first kappa shape index (κ1) is 27.0. The molecular formula is C26H35N5O5. The van der Waals surface area contributed by atoms with Crippen LogP contribution in [0.2, 0.25) is 0 Å². The maximum absolute atomic E-state index is 13.2. The molecule has 36 heavy (non-hydrogen) atoms. The summed E-state index contributed by atoms with van der Waals surface area (Å²) in [6.07, 6.45) is 1.18. The molecule has 3 rings (SSSR count). The Bertz CT molecular complexity index is 1110. The molecule has 0 saturated heterocycles. The van der Waals surface area contributed by atoms with Crippen molar-refractivity contribution < 1.29 is 24.6 Å². The van der Waals surface area contributed by atoms with Crippen LogP contribution < -0.4 is 26.6 Å². The monoisotopic (exact) mass is 497 g/mol. The van der Waals surface area contributed by atoms with Crippen molar-refractivity contribution in [1.82, 2.24) is 21.3 Å². The smallest absolute Gasteiger partial charge is 0.326 e. The quantitative estimate of drug-likeness (QED) is 0.278. The summed E-state index contributed by atoms with van der Waals surface area (Å²) >= 11 is 0. The maximum Gasteiger partial charge on any atom is 0.326 e. The van der Waals surface area contributed by atoms with Crippen molar-refractivity contribution in [2.75, 3.05) is 33.0 Å². The van der Waals surface area contributed by atoms with E-state index in [4.69, 9.17) is 0 Å². The second kappa shape index (κ2) is 12.4. The molecule has 0 aromatic heterocycles. The lowest BCUT2D eigenvalue weighted by Gasteiger charge is -2.24. The maximum atomic E-state index is 13.2. The van der Waals surface area contributed by atoms with Crippen molar-refractivity contribution in [2.24, 2.45) is 0 Å². The molecule has 2 amide bonds. The second-order valence-corrected chi connectivity index (χ2v) is 8.92. The van der Waals surface area contributed by atoms with E-state index in [0.29, 0.717) is 24.9 Å². The van der Waals surface area contributed by atoms with Gasteiger partial charge in [-0.1, -0.05) is 12.1 Å². The third-order valence-corrected chi connectivity index (χ3v) is 6.47. The summed E-state index contributed by atoms with van der Waals surface area (Å²) in [4.78, 5) is 38.5. The van der Waals surface area contributed by atoms with Gasteiger partial charge in [0.05, 0.1) is 6.04 Å². The molecule has 2 aromatic rings. The number of carboxylic acid groups (broad SMARTS) is 1. The molecule has 194 valence electrons. The van der Waals surface area contributed by atoms with Crippen LogP contribution >= 0.6 is 0 Å². The number of aromatic hydroxyl groups is 1. The van der Waals surface area contributed by atoms with Gasteiger partial charge < -0.3 is 36.8 Å². The van der Waals surface area contributed by atoms with Crippen LogP contribution in [0, 0.1) is 0 Å². The number of carbonyl (C=O) groups excluding carboxylic acids is 2. The molecule has 0 fully saturated rings. The molecule has 1 aliphatic heterocycles. The number of rotatable bonds is 7. The predicted molar refractivity (Wildman–Crippen MR) is 138 cm³/mol. The zero-order valence-electron chi connectivity index (χ0n) is 20.9. The van der Waals surface area contributed by atoms with Crippen molar-refractivity contribution in [3.8, 4) is 16.9 Å². The first-order valence-electron chi connectivity index (χ1n) is 12.1. The minimum absolute atomic E-state index is 0.0480. The minimum atomic E-state index is -1.19. The van der Waals surface area contributed by atoms with Gasteiger partial charge in [0.15, 0.2) is 0 Å². The molecule has 0 spiro atoms. The Kier molecular flexibility index (Phi) is 9.26. The number of aliphatic carboxylic acids is 1. The van der Waals surface area contributed by atoms with E-state index in [1.54, 1.807) is 33.3 Å². The molecular weight excluding hydrogens is 462 g/mol. The van der Waals surface area contributed by atoms with E-state index in [1.165, 1.54) is 0 Å². The molecule has 1 heterocycles. The highest BCUT2D eigenvalue weighted by atomic mass is 16.4. The predicted octanol–water partition coefficient (Wildman–Crippen LogP) is 0.841. The number of likely N-dealkylation sites (N-methyl/N-ethyl adjacent to an activating group) is 1. The van der Waals surface area contributed by atoms with Gasteiger partial charge in [0, 0.05) is 25.6 Å². The lowest BCUT2D eigenvalue weighted by atomic mass is 9.95. The van der Waals surface area contributed by atoms with E-state index >= 15 is 0 Å². The Morgan fingerprint density at radius 1 is 0.972 bits per heavy atom. The van der Waals surface area contributed by atoms with Gasteiger partial charge >= 0.3 is 5.97 Å². The molecule has 0 radical (unpaired) electrons. The van der Waals surface area contributed by atoms with Gasteiger partial charge in [-0.3, -0.25) is 9.59 Å². The molecule has 7 N–H and O–H groups in total. The Labute approximate surface area is 210 Å². The third-order valence-electron chi connectivity index (χ3n) is 6.47. The fraction of sp³-hybridized carbons (Fsp3) is 0.423. The van der Waals surface area contributed by atoms with Crippen molar-refractivity contribution in [3.63, 3.8) is 0 Å². The van der Waals surface area contributed by atoms with E-state index in [-0.39, 0.29) is 18.6 Å². The number of hydrogen-bond acceptors (Lipinski definition) is 7. The summed E-state index contributed by atoms with van der Waals surface area (Å²) in [6, 6.07) is 8.01. The fourth-order valence-electron chi connectivity index (χ4n) is 4.38. The highest BCUT2D eigenvalue weighted by Gasteiger charge is 2.29. The lowest BCUT2D eigenvalue weighted by Crippen LogP contribution is -2.55. The molecule has 10 nitrogen and oxygen atoms in total. The van der Waals surface area contributed by atoms with Gasteiger partial charge in [0.1, 0.15) is 17.8 Å². The van der Waals surface area contributed by atoms with Crippen LogP contribution in [0.3, 0.4) is 0 Å². The summed E-state index contributed by atoms with van der Waals surface area (Å²) in [5.74, 6) is -2.06. The van der Waals surface area contributed by atoms with E-state index in [1.807, 2.05) is 24.3 Å². The number of carboxylic acids is 1. The van der Waals surface area contributed by atoms with E-state index in [9.17, 15) is 24.6 Å². The third kappa shape index (κ3) is 6.52. The first-order valence-corrected chi connectivity index (χ1v) is 12.1. The van der Waals surface area contributed by atoms with Gasteiger partial charge in [-0.2, -0.15) is 0 Å². The SMILES string of the molecule is CNCCC[C@@H]1NC(=O)[C@@H](NC)Cc2cc(ccc2O)-c2ccc(NC)c(c2)C[C@@H](C(=O)O)NC1=O. The number of phenols is 1. The van der Waals surface area contributed by atoms with Crippen LogP contribution in [-0.4, -0.2) is 73.8 Å². The van der Waals surface area contributed by atoms with Gasteiger partial charge in [-0.25, -0.2) is 4.79 Å². The molecule has 3 atom stereocenters. The summed E-state index contributed by atoms with van der Waals surface area (Å²) in [7, 11) is 5.18. The van der Waals surface area contributed by atoms with Gasteiger partial charge in [-0.05, 0) is 80.0 Å². The van der Waals surface area contributed by atoms with Crippen LogP contribution in [0.15, 0.2) is 36.4 Å². The van der Waals surface area contributed by atoms with Gasteiger partial charge in [0.25, 0.3) is 0 Å². The number of hydrogen-bond donors (Lipinski definition) is 7. The number of amides is 2. The van der Waals surface area contributed by atoms with Crippen LogP contribution in [0.4, 0.5) is 5.69 Å². The Morgan fingerprint density at radius 3 is 2.31 bits per heavy atom. The number of carbonyl (C=O) groups is 3. The summed E-state index contributed by atoms with van der Waals surface area (Å²) < 4.78 is 0. The highest BCUT2D eigenvalue weighted by molar-refractivity contribution is 5.92. The molecule has 0 saturated carbocycles. The Hall–Kier alpha value is -3.63. The van der Waals surface area contributed by atoms with Crippen molar-refractivity contribution in [1.29, 1.82) is 0 Å². The number of phenolic OH excluding ortho intramolecular Hbond substituents is 1. The molecule has 2 aromatic carbocycles. The summed E-state index contributed by atoms with van der Waals surface area (Å²) in [5.41, 5.74) is 3.69. The molecule has 1 aliphatic rings. The standard InChI is InChI=1S/C26H35N5O5/c1-27-10-4-5-20-24(33)31-22(26(35)36)13-17-11-15(6-8-19(17)28-2)16-7-9-23(32)18(12-16)14-21(29-3)25(34)30-20/h6-9,11-12,20-22,27-29,32H,4-5,10,13-14H2,1-3H3,(H,30,34)(H,31,33)(H,35,36)/t20-,21-,22-/m0/s1. The fourth-order valence-corrected chi connectivity index (χ4v) is 4.38. The number of anilines is 1. The van der Waals surface area contributed by atoms with Crippen molar-refractivity contribution in [3.05, 3.63) is 47.5 Å². The molecule has 0 aliphatic carbocycles. The average molecular weight is 498 g/mol. The number of benzene rings is 2. The largest absolute Gasteiger partial charge is 0.508 e. The summed E-state index contributed by atoms with van der Waals surface area (Å²) in [6.45, 7) is 0.635. The Balaban J connectivity index is 2.10. The Morgan fingerprint density at radius 2 is 1.67 bits per heavy atom. The van der Waals surface area contributed by atoms with Crippen molar-refractivity contribution in [2.45, 2.75) is 43.8 Å². The van der Waals surface area contributed by atoms with E-state index in [2.05, 4.69) is 26.6 Å². The van der Waals surface area contributed by atoms with Crippen LogP contribution in [0.25, 0.3) is 11.1 Å². The van der Waals surface area contributed by atoms with Crippen LogP contribution in [0.5, 0.6) is 5.75 Å². The molecule has 4 bridgehead atoms. The van der Waals surface area contributed by atoms with Crippen molar-refractivity contribution >= 4 is 23.5 Å². The van der Waals surface area contributed by atoms with Crippen LogP contribution in [-0.2, 0) is 27.2 Å². The second-order valence-electron chi connectivity index (χ2n) is 8.92. The lowest BCUT2D eigenvalue weighted by molar-refractivity contribution is -0.142. The molecule has 0 unspecified atom stereocenters. The topological polar surface area (TPSA) is 152 Å². The first-order chi connectivity index (χ1) is 17.3. The van der Waals surface area contributed by atoms with Gasteiger partial charge in [-0.15, -0.1) is 0 Å². The van der Waals surface area contributed by atoms with Crippen LogP contribution in [0.1, 0.15) is 24.0 Å². The normalized spacial score (nSPS) is 20.5. The van der Waals surface area contributed by atoms with E-state index in [0.717, 1.165) is 22.4 Å². The van der Waals surface area contributed by atoms with E-state index < -0.39 is 35.9 Å². The molecule has 10 heteroatoms. The zero-order valence-corrected chi connectivity index (χ0v) is 20.9. The highest BCUT2D eigenvalue weighted by Crippen LogP contribution is 2.30. The summed E-state index contributed by atoms with van der Waals surface area (Å²) in [5, 5.41) is 34.9. The zero-order chi connectivity index (χ0) is 26.2.